The minimum atomic E-state index is 0.723. The number of pyridine rings is 2. The molecular weight excluding hydrogens is 222 g/mol. The number of fused-ring (bicyclic) bond motifs is 1. The van der Waals surface area contributed by atoms with E-state index in [1.54, 1.807) is 6.20 Å². The molecule has 0 radical (unpaired) electrons. The zero-order valence-electron chi connectivity index (χ0n) is 10.1. The second kappa shape index (κ2) is 4.11. The lowest BCUT2D eigenvalue weighted by molar-refractivity contribution is 1.21. The number of rotatable bonds is 1. The quantitative estimate of drug-likeness (QED) is 0.704. The van der Waals surface area contributed by atoms with Gasteiger partial charge in [-0.05, 0) is 30.5 Å². The van der Waals surface area contributed by atoms with E-state index in [4.69, 9.17) is 5.73 Å². The monoisotopic (exact) mass is 235 g/mol. The van der Waals surface area contributed by atoms with Gasteiger partial charge in [-0.15, -0.1) is 0 Å². The molecule has 0 spiro atoms. The average molecular weight is 235 g/mol. The Kier molecular flexibility index (Phi) is 2.45. The van der Waals surface area contributed by atoms with Crippen molar-refractivity contribution >= 4 is 16.5 Å². The van der Waals surface area contributed by atoms with Gasteiger partial charge in [-0.3, -0.25) is 9.97 Å². The summed E-state index contributed by atoms with van der Waals surface area (Å²) in [5.74, 6) is 0. The normalized spacial score (nSPS) is 10.7. The van der Waals surface area contributed by atoms with E-state index < -0.39 is 0 Å². The van der Waals surface area contributed by atoms with Gasteiger partial charge in [0, 0.05) is 23.3 Å². The Morgan fingerprint density at radius 3 is 2.78 bits per heavy atom. The van der Waals surface area contributed by atoms with Crippen LogP contribution in [0.1, 0.15) is 5.69 Å². The van der Waals surface area contributed by atoms with Crippen molar-refractivity contribution in [3.8, 4) is 11.3 Å². The summed E-state index contributed by atoms with van der Waals surface area (Å²) < 4.78 is 0. The summed E-state index contributed by atoms with van der Waals surface area (Å²) in [6, 6.07) is 12.0. The SMILES string of the molecule is Cc1nc(-c2cccc3cnccc23)ccc1N. The first-order valence-corrected chi connectivity index (χ1v) is 5.82. The van der Waals surface area contributed by atoms with Gasteiger partial charge in [-0.1, -0.05) is 18.2 Å². The fourth-order valence-electron chi connectivity index (χ4n) is 2.07. The highest BCUT2D eigenvalue weighted by Crippen LogP contribution is 2.27. The molecule has 0 saturated heterocycles. The van der Waals surface area contributed by atoms with Crippen LogP contribution in [0, 0.1) is 6.92 Å². The first-order chi connectivity index (χ1) is 8.75. The van der Waals surface area contributed by atoms with Crippen LogP contribution in [0.25, 0.3) is 22.0 Å². The van der Waals surface area contributed by atoms with E-state index in [0.717, 1.165) is 33.4 Å². The summed E-state index contributed by atoms with van der Waals surface area (Å²) in [5, 5.41) is 2.27. The van der Waals surface area contributed by atoms with Crippen LogP contribution in [0.4, 0.5) is 5.69 Å². The summed E-state index contributed by atoms with van der Waals surface area (Å²) in [7, 11) is 0. The van der Waals surface area contributed by atoms with Gasteiger partial charge in [0.25, 0.3) is 0 Å². The molecular formula is C15H13N3. The lowest BCUT2D eigenvalue weighted by atomic mass is 10.0. The topological polar surface area (TPSA) is 51.8 Å². The highest BCUT2D eigenvalue weighted by atomic mass is 14.7. The highest BCUT2D eigenvalue weighted by Gasteiger charge is 2.05. The number of anilines is 1. The van der Waals surface area contributed by atoms with E-state index >= 15 is 0 Å². The van der Waals surface area contributed by atoms with E-state index in [-0.39, 0.29) is 0 Å². The van der Waals surface area contributed by atoms with Crippen molar-refractivity contribution in [1.29, 1.82) is 0 Å². The maximum atomic E-state index is 5.81. The Hall–Kier alpha value is -2.42. The Bertz CT molecular complexity index is 715. The number of aryl methyl sites for hydroxylation is 1. The van der Waals surface area contributed by atoms with Crippen LogP contribution in [0.3, 0.4) is 0 Å². The number of hydrogen-bond donors (Lipinski definition) is 1. The molecule has 2 N–H and O–H groups in total. The average Bonchev–Trinajstić information content (AvgIpc) is 2.41. The third-order valence-electron chi connectivity index (χ3n) is 3.08. The van der Waals surface area contributed by atoms with E-state index in [2.05, 4.69) is 22.1 Å². The highest BCUT2D eigenvalue weighted by molar-refractivity contribution is 5.95. The van der Waals surface area contributed by atoms with Crippen molar-refractivity contribution in [2.24, 2.45) is 0 Å². The Morgan fingerprint density at radius 2 is 1.94 bits per heavy atom. The number of nitrogens with zero attached hydrogens (tertiary/aromatic N) is 2. The van der Waals surface area contributed by atoms with Gasteiger partial charge in [-0.25, -0.2) is 0 Å². The van der Waals surface area contributed by atoms with Crippen LogP contribution in [-0.2, 0) is 0 Å². The Labute approximate surface area is 105 Å². The van der Waals surface area contributed by atoms with Gasteiger partial charge < -0.3 is 5.73 Å². The van der Waals surface area contributed by atoms with Gasteiger partial charge in [0.05, 0.1) is 17.1 Å². The van der Waals surface area contributed by atoms with Gasteiger partial charge in [0.2, 0.25) is 0 Å². The molecule has 0 aliphatic heterocycles. The largest absolute Gasteiger partial charge is 0.397 e. The van der Waals surface area contributed by atoms with Crippen LogP contribution in [-0.4, -0.2) is 9.97 Å². The van der Waals surface area contributed by atoms with E-state index in [0.29, 0.717) is 0 Å². The standard InChI is InChI=1S/C15H13N3/c1-10-14(16)5-6-15(18-10)13-4-2-3-11-9-17-8-7-12(11)13/h2-9H,16H2,1H3. The number of nitrogens with two attached hydrogens (primary N) is 1. The van der Waals surface area contributed by atoms with Crippen LogP contribution in [0.15, 0.2) is 48.8 Å². The molecule has 0 aliphatic carbocycles. The summed E-state index contributed by atoms with van der Waals surface area (Å²) in [5.41, 5.74) is 9.44. The first-order valence-electron chi connectivity index (χ1n) is 5.82. The van der Waals surface area contributed by atoms with Crippen LogP contribution < -0.4 is 5.73 Å². The molecule has 0 atom stereocenters. The van der Waals surface area contributed by atoms with Crippen molar-refractivity contribution < 1.29 is 0 Å². The van der Waals surface area contributed by atoms with Gasteiger partial charge in [-0.2, -0.15) is 0 Å². The number of hydrogen-bond acceptors (Lipinski definition) is 3. The summed E-state index contributed by atoms with van der Waals surface area (Å²) in [6.07, 6.45) is 3.67. The van der Waals surface area contributed by atoms with Crippen molar-refractivity contribution in [3.63, 3.8) is 0 Å². The van der Waals surface area contributed by atoms with E-state index in [1.165, 1.54) is 0 Å². The number of aromatic nitrogens is 2. The molecule has 88 valence electrons. The Balaban J connectivity index is 2.28. The third-order valence-corrected chi connectivity index (χ3v) is 3.08. The molecule has 2 aromatic heterocycles. The molecule has 18 heavy (non-hydrogen) atoms. The molecule has 0 fully saturated rings. The predicted molar refractivity (Wildman–Crippen MR) is 74.1 cm³/mol. The van der Waals surface area contributed by atoms with Crippen LogP contribution >= 0.6 is 0 Å². The fraction of sp³-hybridized carbons (Fsp3) is 0.0667. The minimum absolute atomic E-state index is 0.723. The molecule has 0 bridgehead atoms. The van der Waals surface area contributed by atoms with Crippen LogP contribution in [0.5, 0.6) is 0 Å². The summed E-state index contributed by atoms with van der Waals surface area (Å²) in [6.45, 7) is 1.92. The lowest BCUT2D eigenvalue weighted by Crippen LogP contribution is -1.94. The molecule has 3 heteroatoms. The molecule has 0 unspecified atom stereocenters. The fourth-order valence-corrected chi connectivity index (χ4v) is 2.07. The molecule has 0 aliphatic rings. The molecule has 3 rings (SSSR count). The maximum Gasteiger partial charge on any atom is 0.0713 e. The molecule has 3 nitrogen and oxygen atoms in total. The summed E-state index contributed by atoms with van der Waals surface area (Å²) >= 11 is 0. The Morgan fingerprint density at radius 1 is 1.06 bits per heavy atom. The van der Waals surface area contributed by atoms with Gasteiger partial charge in [0.1, 0.15) is 0 Å². The molecule has 0 saturated carbocycles. The van der Waals surface area contributed by atoms with Crippen LogP contribution in [0.2, 0.25) is 0 Å². The molecule has 0 amide bonds. The summed E-state index contributed by atoms with van der Waals surface area (Å²) in [4.78, 5) is 8.69. The van der Waals surface area contributed by atoms with Crippen molar-refractivity contribution in [1.82, 2.24) is 9.97 Å². The van der Waals surface area contributed by atoms with Gasteiger partial charge >= 0.3 is 0 Å². The third kappa shape index (κ3) is 1.70. The van der Waals surface area contributed by atoms with E-state index in [9.17, 15) is 0 Å². The zero-order chi connectivity index (χ0) is 12.5. The van der Waals surface area contributed by atoms with Crippen molar-refractivity contribution in [2.45, 2.75) is 6.92 Å². The smallest absolute Gasteiger partial charge is 0.0713 e. The predicted octanol–water partition coefficient (Wildman–Crippen LogP) is 3.19. The maximum absolute atomic E-state index is 5.81. The number of benzene rings is 1. The first kappa shape index (κ1) is 10.7. The minimum Gasteiger partial charge on any atom is -0.397 e. The van der Waals surface area contributed by atoms with E-state index in [1.807, 2.05) is 37.4 Å². The second-order valence-electron chi connectivity index (χ2n) is 4.27. The number of nitrogen functional groups attached to an aromatic ring is 1. The van der Waals surface area contributed by atoms with Crippen molar-refractivity contribution in [2.75, 3.05) is 5.73 Å². The van der Waals surface area contributed by atoms with Crippen molar-refractivity contribution in [3.05, 3.63) is 54.5 Å². The lowest BCUT2D eigenvalue weighted by Gasteiger charge is -2.07. The zero-order valence-corrected chi connectivity index (χ0v) is 10.1. The second-order valence-corrected chi connectivity index (χ2v) is 4.27. The molecule has 1 aromatic carbocycles. The van der Waals surface area contributed by atoms with Gasteiger partial charge in [0.15, 0.2) is 0 Å². The molecule has 3 aromatic rings. The molecule has 2 heterocycles.